The molecule has 3 heteroatoms. The standard InChI is InChI=1S/C15H15NO2/c1-11(12-6-3-2-4-7-12)16-14-9-5-8-13(10-17)15(14)18/h2-11,16,18H,1H3. The van der Waals surface area contributed by atoms with Crippen LogP contribution in [0.15, 0.2) is 48.5 Å². The minimum atomic E-state index is -0.00437. The first-order chi connectivity index (χ1) is 8.72. The Kier molecular flexibility index (Phi) is 3.63. The van der Waals surface area contributed by atoms with Crippen LogP contribution in [0.1, 0.15) is 28.9 Å². The lowest BCUT2D eigenvalue weighted by molar-refractivity contribution is 0.112. The van der Waals surface area contributed by atoms with Gasteiger partial charge in [0.25, 0.3) is 0 Å². The fourth-order valence-electron chi connectivity index (χ4n) is 1.83. The number of rotatable bonds is 4. The topological polar surface area (TPSA) is 49.3 Å². The van der Waals surface area contributed by atoms with Gasteiger partial charge in [0.2, 0.25) is 0 Å². The summed E-state index contributed by atoms with van der Waals surface area (Å²) in [6, 6.07) is 15.0. The van der Waals surface area contributed by atoms with E-state index in [1.165, 1.54) is 0 Å². The number of anilines is 1. The lowest BCUT2D eigenvalue weighted by atomic mass is 10.1. The monoisotopic (exact) mass is 241 g/mol. The second kappa shape index (κ2) is 5.36. The van der Waals surface area contributed by atoms with Crippen molar-refractivity contribution in [1.82, 2.24) is 0 Å². The Morgan fingerprint density at radius 2 is 1.83 bits per heavy atom. The molecule has 0 aliphatic heterocycles. The minimum Gasteiger partial charge on any atom is -0.505 e. The largest absolute Gasteiger partial charge is 0.505 e. The highest BCUT2D eigenvalue weighted by atomic mass is 16.3. The van der Waals surface area contributed by atoms with Gasteiger partial charge in [0.05, 0.1) is 11.3 Å². The zero-order valence-electron chi connectivity index (χ0n) is 10.1. The Bertz CT molecular complexity index is 537. The lowest BCUT2D eigenvalue weighted by Gasteiger charge is -2.17. The van der Waals surface area contributed by atoms with Gasteiger partial charge in [-0.2, -0.15) is 0 Å². The zero-order valence-corrected chi connectivity index (χ0v) is 10.1. The maximum absolute atomic E-state index is 10.7. The molecule has 0 amide bonds. The van der Waals surface area contributed by atoms with Crippen LogP contribution in [-0.4, -0.2) is 11.4 Å². The molecule has 2 aromatic rings. The molecule has 0 aliphatic carbocycles. The van der Waals surface area contributed by atoms with E-state index in [0.717, 1.165) is 5.56 Å². The van der Waals surface area contributed by atoms with Crippen molar-refractivity contribution in [3.63, 3.8) is 0 Å². The van der Waals surface area contributed by atoms with E-state index < -0.39 is 0 Å². The van der Waals surface area contributed by atoms with E-state index in [0.29, 0.717) is 17.5 Å². The van der Waals surface area contributed by atoms with Gasteiger partial charge in [0.15, 0.2) is 6.29 Å². The fraction of sp³-hybridized carbons (Fsp3) is 0.133. The summed E-state index contributed by atoms with van der Waals surface area (Å²) in [6.07, 6.45) is 0.647. The molecule has 3 nitrogen and oxygen atoms in total. The molecular formula is C15H15NO2. The summed E-state index contributed by atoms with van der Waals surface area (Å²) in [5.74, 6) is -0.00437. The number of phenolic OH excluding ortho intramolecular Hbond substituents is 1. The Hall–Kier alpha value is -2.29. The van der Waals surface area contributed by atoms with Gasteiger partial charge in [0.1, 0.15) is 5.75 Å². The fourth-order valence-corrected chi connectivity index (χ4v) is 1.83. The van der Waals surface area contributed by atoms with Crippen LogP contribution < -0.4 is 5.32 Å². The predicted molar refractivity (Wildman–Crippen MR) is 72.0 cm³/mol. The summed E-state index contributed by atoms with van der Waals surface area (Å²) in [7, 11) is 0. The van der Waals surface area contributed by atoms with E-state index >= 15 is 0 Å². The third-order valence-electron chi connectivity index (χ3n) is 2.87. The number of aldehydes is 1. The molecule has 0 radical (unpaired) electrons. The van der Waals surface area contributed by atoms with Crippen LogP contribution in [0.2, 0.25) is 0 Å². The van der Waals surface area contributed by atoms with Crippen molar-refractivity contribution in [2.24, 2.45) is 0 Å². The molecular weight excluding hydrogens is 226 g/mol. The molecule has 0 saturated heterocycles. The van der Waals surface area contributed by atoms with Gasteiger partial charge in [-0.25, -0.2) is 0 Å². The maximum atomic E-state index is 10.7. The molecule has 0 bridgehead atoms. The summed E-state index contributed by atoms with van der Waals surface area (Å²) >= 11 is 0. The summed E-state index contributed by atoms with van der Waals surface area (Å²) in [4.78, 5) is 10.7. The van der Waals surface area contributed by atoms with Gasteiger partial charge in [-0.05, 0) is 24.6 Å². The van der Waals surface area contributed by atoms with Gasteiger partial charge in [-0.3, -0.25) is 4.79 Å². The summed E-state index contributed by atoms with van der Waals surface area (Å²) < 4.78 is 0. The Morgan fingerprint density at radius 3 is 2.50 bits per heavy atom. The molecule has 0 saturated carbocycles. The Balaban J connectivity index is 2.22. The molecule has 0 spiro atoms. The zero-order chi connectivity index (χ0) is 13.0. The van der Waals surface area contributed by atoms with Crippen LogP contribution >= 0.6 is 0 Å². The lowest BCUT2D eigenvalue weighted by Crippen LogP contribution is -2.06. The molecule has 2 rings (SSSR count). The highest BCUT2D eigenvalue weighted by Gasteiger charge is 2.10. The second-order valence-corrected chi connectivity index (χ2v) is 4.14. The van der Waals surface area contributed by atoms with E-state index in [1.807, 2.05) is 37.3 Å². The average molecular weight is 241 g/mol. The number of phenols is 1. The van der Waals surface area contributed by atoms with E-state index in [9.17, 15) is 9.90 Å². The van der Waals surface area contributed by atoms with Crippen LogP contribution in [0.5, 0.6) is 5.75 Å². The van der Waals surface area contributed by atoms with Crippen molar-refractivity contribution < 1.29 is 9.90 Å². The quantitative estimate of drug-likeness (QED) is 0.637. The van der Waals surface area contributed by atoms with Gasteiger partial charge >= 0.3 is 0 Å². The number of hydrogen-bond donors (Lipinski definition) is 2. The van der Waals surface area contributed by atoms with Crippen LogP contribution in [0.25, 0.3) is 0 Å². The minimum absolute atomic E-state index is 0.00437. The Morgan fingerprint density at radius 1 is 1.11 bits per heavy atom. The van der Waals surface area contributed by atoms with E-state index in [2.05, 4.69) is 5.32 Å². The molecule has 18 heavy (non-hydrogen) atoms. The number of benzene rings is 2. The number of carbonyl (C=O) groups excluding carboxylic acids is 1. The molecule has 1 unspecified atom stereocenters. The number of nitrogens with one attached hydrogen (secondary N) is 1. The van der Waals surface area contributed by atoms with Crippen molar-refractivity contribution in [1.29, 1.82) is 0 Å². The number of aromatic hydroxyl groups is 1. The van der Waals surface area contributed by atoms with Crippen molar-refractivity contribution >= 4 is 12.0 Å². The smallest absolute Gasteiger partial charge is 0.153 e. The number of carbonyl (C=O) groups is 1. The third-order valence-corrected chi connectivity index (χ3v) is 2.87. The molecule has 1 atom stereocenters. The van der Waals surface area contributed by atoms with Gasteiger partial charge in [-0.1, -0.05) is 36.4 Å². The van der Waals surface area contributed by atoms with Crippen molar-refractivity contribution in [3.8, 4) is 5.75 Å². The average Bonchev–Trinajstić information content (AvgIpc) is 2.42. The van der Waals surface area contributed by atoms with Crippen LogP contribution in [-0.2, 0) is 0 Å². The van der Waals surface area contributed by atoms with Crippen LogP contribution in [0.3, 0.4) is 0 Å². The molecule has 2 N–H and O–H groups in total. The van der Waals surface area contributed by atoms with Gasteiger partial charge in [-0.15, -0.1) is 0 Å². The van der Waals surface area contributed by atoms with Crippen molar-refractivity contribution in [3.05, 3.63) is 59.7 Å². The van der Waals surface area contributed by atoms with E-state index in [4.69, 9.17) is 0 Å². The van der Waals surface area contributed by atoms with Crippen molar-refractivity contribution in [2.45, 2.75) is 13.0 Å². The van der Waals surface area contributed by atoms with E-state index in [1.54, 1.807) is 18.2 Å². The highest BCUT2D eigenvalue weighted by molar-refractivity contribution is 5.83. The SMILES string of the molecule is CC(Nc1cccc(C=O)c1O)c1ccccc1. The number of hydrogen-bond acceptors (Lipinski definition) is 3. The molecule has 92 valence electrons. The summed E-state index contributed by atoms with van der Waals surface area (Å²) in [5, 5.41) is 13.1. The first-order valence-corrected chi connectivity index (χ1v) is 5.81. The molecule has 0 heterocycles. The van der Waals surface area contributed by atoms with Crippen LogP contribution in [0.4, 0.5) is 5.69 Å². The summed E-state index contributed by atoms with van der Waals surface area (Å²) in [6.45, 7) is 2.00. The molecule has 2 aromatic carbocycles. The third kappa shape index (κ3) is 2.51. The molecule has 0 fully saturated rings. The van der Waals surface area contributed by atoms with Crippen molar-refractivity contribution in [2.75, 3.05) is 5.32 Å². The second-order valence-electron chi connectivity index (χ2n) is 4.14. The predicted octanol–water partition coefficient (Wildman–Crippen LogP) is 3.38. The molecule has 0 aromatic heterocycles. The Labute approximate surface area is 106 Å². The first-order valence-electron chi connectivity index (χ1n) is 5.81. The van der Waals surface area contributed by atoms with Crippen LogP contribution in [0, 0.1) is 0 Å². The van der Waals surface area contributed by atoms with Gasteiger partial charge in [0, 0.05) is 6.04 Å². The van der Waals surface area contributed by atoms with Gasteiger partial charge < -0.3 is 10.4 Å². The molecule has 0 aliphatic rings. The number of para-hydroxylation sites is 1. The van der Waals surface area contributed by atoms with E-state index in [-0.39, 0.29) is 11.8 Å². The first kappa shape index (κ1) is 12.2. The normalized spacial score (nSPS) is 11.8. The highest BCUT2D eigenvalue weighted by Crippen LogP contribution is 2.29. The summed E-state index contributed by atoms with van der Waals surface area (Å²) in [5.41, 5.74) is 1.98. The maximum Gasteiger partial charge on any atom is 0.153 e.